The fraction of sp³-hybridized carbons (Fsp3) is 0.800. The van der Waals surface area contributed by atoms with Gasteiger partial charge < -0.3 is 19.7 Å². The fourth-order valence-corrected chi connectivity index (χ4v) is 3.30. The van der Waals surface area contributed by atoms with Crippen LogP contribution in [0.4, 0.5) is 0 Å². The van der Waals surface area contributed by atoms with Gasteiger partial charge >= 0.3 is 0 Å². The zero-order valence-electron chi connectivity index (χ0n) is 18.1. The molecule has 0 saturated carbocycles. The first kappa shape index (κ1) is 25.2. The first-order chi connectivity index (χ1) is 13.0. The van der Waals surface area contributed by atoms with Crippen molar-refractivity contribution in [3.05, 3.63) is 17.5 Å². The third-order valence-corrected chi connectivity index (χ3v) is 4.67. The molecule has 7 nitrogen and oxygen atoms in total. The van der Waals surface area contributed by atoms with Crippen LogP contribution in [0.2, 0.25) is 0 Å². The molecule has 0 radical (unpaired) electrons. The highest BCUT2D eigenvalue weighted by Crippen LogP contribution is 2.18. The molecule has 0 unspecified atom stereocenters. The Kier molecular flexibility index (Phi) is 12.0. The van der Waals surface area contributed by atoms with Gasteiger partial charge in [-0.2, -0.15) is 5.10 Å². The Hall–Kier alpha value is -0.870. The fourth-order valence-electron chi connectivity index (χ4n) is 3.30. The number of rotatable bonds is 9. The zero-order chi connectivity index (χ0) is 19.6. The predicted molar refractivity (Wildman–Crippen MR) is 125 cm³/mol. The van der Waals surface area contributed by atoms with Crippen molar-refractivity contribution < 1.29 is 9.47 Å². The highest BCUT2D eigenvalue weighted by Gasteiger charge is 2.15. The molecule has 0 aromatic carbocycles. The molecule has 1 aromatic rings. The molecule has 28 heavy (non-hydrogen) atoms. The van der Waals surface area contributed by atoms with Crippen LogP contribution in [-0.2, 0) is 23.1 Å². The summed E-state index contributed by atoms with van der Waals surface area (Å²) >= 11 is 0. The van der Waals surface area contributed by atoms with Crippen molar-refractivity contribution in [2.45, 2.75) is 58.6 Å². The standard InChI is InChI=1S/C20H37N5O2.HI/c1-6-21-20(22-10-7-11-27-18-8-12-26-13-9-18)24(4)14-17-15-25(5)23-19(17)16(2)3;/h15-16,18H,6-14H2,1-5H3,(H,21,22);1H. The summed E-state index contributed by atoms with van der Waals surface area (Å²) in [5.41, 5.74) is 2.41. The van der Waals surface area contributed by atoms with Crippen molar-refractivity contribution in [2.75, 3.05) is 40.0 Å². The normalized spacial score (nSPS) is 15.6. The molecule has 1 aromatic heterocycles. The van der Waals surface area contributed by atoms with Crippen molar-refractivity contribution in [2.24, 2.45) is 12.0 Å². The predicted octanol–water partition coefficient (Wildman–Crippen LogP) is 3.14. The van der Waals surface area contributed by atoms with E-state index < -0.39 is 0 Å². The van der Waals surface area contributed by atoms with Gasteiger partial charge in [-0.3, -0.25) is 9.67 Å². The Morgan fingerprint density at radius 2 is 2.14 bits per heavy atom. The van der Waals surface area contributed by atoms with Gasteiger partial charge in [0.15, 0.2) is 5.96 Å². The summed E-state index contributed by atoms with van der Waals surface area (Å²) in [6, 6.07) is 0. The summed E-state index contributed by atoms with van der Waals surface area (Å²) in [7, 11) is 4.06. The second-order valence-electron chi connectivity index (χ2n) is 7.50. The molecule has 1 N–H and O–H groups in total. The molecule has 0 bridgehead atoms. The SMILES string of the molecule is CCNC(=NCCCOC1CCOCC1)N(C)Cc1cn(C)nc1C(C)C.I. The lowest BCUT2D eigenvalue weighted by Gasteiger charge is -2.23. The van der Waals surface area contributed by atoms with Gasteiger partial charge in [-0.05, 0) is 32.1 Å². The van der Waals surface area contributed by atoms with Crippen molar-refractivity contribution in [1.82, 2.24) is 20.0 Å². The number of aromatic nitrogens is 2. The van der Waals surface area contributed by atoms with Gasteiger partial charge in [-0.1, -0.05) is 13.8 Å². The summed E-state index contributed by atoms with van der Waals surface area (Å²) in [5, 5.41) is 7.99. The van der Waals surface area contributed by atoms with Crippen LogP contribution in [0, 0.1) is 0 Å². The number of aryl methyl sites for hydroxylation is 1. The number of guanidine groups is 1. The molecule has 0 amide bonds. The number of ether oxygens (including phenoxy) is 2. The average molecular weight is 507 g/mol. The van der Waals surface area contributed by atoms with Gasteiger partial charge in [0.25, 0.3) is 0 Å². The number of hydrogen-bond donors (Lipinski definition) is 1. The number of halogens is 1. The van der Waals surface area contributed by atoms with Crippen LogP contribution in [0.1, 0.15) is 57.2 Å². The molecular formula is C20H38IN5O2. The van der Waals surface area contributed by atoms with E-state index in [0.717, 1.165) is 70.4 Å². The van der Waals surface area contributed by atoms with Gasteiger partial charge in [-0.25, -0.2) is 0 Å². The Balaban J connectivity index is 0.00000392. The Morgan fingerprint density at radius 1 is 1.43 bits per heavy atom. The van der Waals surface area contributed by atoms with Crippen LogP contribution >= 0.6 is 24.0 Å². The molecule has 162 valence electrons. The summed E-state index contributed by atoms with van der Waals surface area (Å²) < 4.78 is 13.2. The van der Waals surface area contributed by atoms with Crippen molar-refractivity contribution >= 4 is 29.9 Å². The Labute approximate surface area is 187 Å². The summed E-state index contributed by atoms with van der Waals surface area (Å²) in [6.07, 6.45) is 5.43. The van der Waals surface area contributed by atoms with E-state index in [0.29, 0.717) is 12.0 Å². The Morgan fingerprint density at radius 3 is 2.79 bits per heavy atom. The maximum Gasteiger partial charge on any atom is 0.193 e. The van der Waals surface area contributed by atoms with E-state index in [-0.39, 0.29) is 24.0 Å². The van der Waals surface area contributed by atoms with Crippen LogP contribution in [-0.4, -0.2) is 66.7 Å². The molecule has 0 aliphatic carbocycles. The largest absolute Gasteiger partial charge is 0.381 e. The summed E-state index contributed by atoms with van der Waals surface area (Å²) in [5.74, 6) is 1.35. The minimum Gasteiger partial charge on any atom is -0.381 e. The molecule has 1 aliphatic rings. The van der Waals surface area contributed by atoms with E-state index in [1.807, 2.05) is 11.7 Å². The first-order valence-electron chi connectivity index (χ1n) is 10.2. The van der Waals surface area contributed by atoms with Gasteiger partial charge in [-0.15, -0.1) is 24.0 Å². The van der Waals surface area contributed by atoms with Crippen LogP contribution in [0.5, 0.6) is 0 Å². The summed E-state index contributed by atoms with van der Waals surface area (Å²) in [6.45, 7) is 11.3. The van der Waals surface area contributed by atoms with Gasteiger partial charge in [0, 0.05) is 65.3 Å². The lowest BCUT2D eigenvalue weighted by Crippen LogP contribution is -2.38. The number of aliphatic imine (C=N–C) groups is 1. The van der Waals surface area contributed by atoms with E-state index in [1.165, 1.54) is 5.56 Å². The summed E-state index contributed by atoms with van der Waals surface area (Å²) in [4.78, 5) is 6.95. The molecule has 1 fully saturated rings. The lowest BCUT2D eigenvalue weighted by molar-refractivity contribution is -0.0318. The van der Waals surface area contributed by atoms with Crippen molar-refractivity contribution in [3.63, 3.8) is 0 Å². The van der Waals surface area contributed by atoms with Crippen LogP contribution in [0.3, 0.4) is 0 Å². The van der Waals surface area contributed by atoms with E-state index in [1.54, 1.807) is 0 Å². The third-order valence-electron chi connectivity index (χ3n) is 4.67. The van der Waals surface area contributed by atoms with Gasteiger partial charge in [0.2, 0.25) is 0 Å². The van der Waals surface area contributed by atoms with Gasteiger partial charge in [0.05, 0.1) is 11.8 Å². The van der Waals surface area contributed by atoms with E-state index in [9.17, 15) is 0 Å². The average Bonchev–Trinajstić information content (AvgIpc) is 3.02. The smallest absolute Gasteiger partial charge is 0.193 e. The topological polar surface area (TPSA) is 63.9 Å². The van der Waals surface area contributed by atoms with Crippen LogP contribution in [0.15, 0.2) is 11.2 Å². The first-order valence-corrected chi connectivity index (χ1v) is 10.2. The monoisotopic (exact) mass is 507 g/mol. The lowest BCUT2D eigenvalue weighted by atomic mass is 10.1. The molecule has 0 spiro atoms. The van der Waals surface area contributed by atoms with E-state index in [4.69, 9.17) is 14.5 Å². The number of hydrogen-bond acceptors (Lipinski definition) is 4. The minimum absolute atomic E-state index is 0. The second-order valence-corrected chi connectivity index (χ2v) is 7.50. The second kappa shape index (κ2) is 13.4. The molecule has 1 saturated heterocycles. The third kappa shape index (κ3) is 8.24. The highest BCUT2D eigenvalue weighted by atomic mass is 127. The van der Waals surface area contributed by atoms with Crippen molar-refractivity contribution in [3.8, 4) is 0 Å². The van der Waals surface area contributed by atoms with Crippen LogP contribution < -0.4 is 5.32 Å². The van der Waals surface area contributed by atoms with Crippen LogP contribution in [0.25, 0.3) is 0 Å². The van der Waals surface area contributed by atoms with E-state index >= 15 is 0 Å². The van der Waals surface area contributed by atoms with Gasteiger partial charge in [0.1, 0.15) is 0 Å². The number of nitrogens with one attached hydrogen (secondary N) is 1. The maximum atomic E-state index is 5.93. The maximum absolute atomic E-state index is 5.93. The highest BCUT2D eigenvalue weighted by molar-refractivity contribution is 14.0. The molecule has 2 rings (SSSR count). The quantitative estimate of drug-likeness (QED) is 0.241. The minimum atomic E-state index is 0. The van der Waals surface area contributed by atoms with Crippen molar-refractivity contribution in [1.29, 1.82) is 0 Å². The molecular weight excluding hydrogens is 469 g/mol. The molecule has 8 heteroatoms. The molecule has 2 heterocycles. The molecule has 1 aliphatic heterocycles. The number of nitrogens with zero attached hydrogens (tertiary/aromatic N) is 4. The molecule has 0 atom stereocenters. The Bertz CT molecular complexity index is 585. The van der Waals surface area contributed by atoms with E-state index in [2.05, 4.69) is 49.3 Å². The zero-order valence-corrected chi connectivity index (χ0v) is 20.4.